The lowest BCUT2D eigenvalue weighted by molar-refractivity contribution is 0.954. The van der Waals surface area contributed by atoms with Gasteiger partial charge in [-0.25, -0.2) is 9.97 Å². The molecule has 0 fully saturated rings. The molecular weight excluding hydrogens is 138 g/mol. The van der Waals surface area contributed by atoms with Crippen LogP contribution in [0.2, 0.25) is 0 Å². The van der Waals surface area contributed by atoms with E-state index >= 15 is 0 Å². The third-order valence-electron chi connectivity index (χ3n) is 1.28. The fourth-order valence-corrected chi connectivity index (χ4v) is 0.965. The Balaban J connectivity index is 3.01. The van der Waals surface area contributed by atoms with E-state index in [9.17, 15) is 0 Å². The van der Waals surface area contributed by atoms with Gasteiger partial charge in [-0.2, -0.15) is 5.26 Å². The molecule has 1 aromatic heterocycles. The molecule has 56 valence electrons. The minimum Gasteiger partial charge on any atom is -0.239 e. The maximum Gasteiger partial charge on any atom is 0.125 e. The Hall–Kier alpha value is -1.43. The van der Waals surface area contributed by atoms with E-state index in [0.717, 1.165) is 17.2 Å². The van der Waals surface area contributed by atoms with Gasteiger partial charge in [0, 0.05) is 5.69 Å². The van der Waals surface area contributed by atoms with Crippen LogP contribution in [0.3, 0.4) is 0 Å². The average Bonchev–Trinajstić information content (AvgIpc) is 1.85. The second-order valence-electron chi connectivity index (χ2n) is 2.38. The molecule has 11 heavy (non-hydrogen) atoms. The van der Waals surface area contributed by atoms with Gasteiger partial charge in [-0.1, -0.05) is 0 Å². The maximum absolute atomic E-state index is 8.39. The van der Waals surface area contributed by atoms with Gasteiger partial charge in [0.05, 0.1) is 18.2 Å². The van der Waals surface area contributed by atoms with E-state index in [1.165, 1.54) is 0 Å². The molecule has 3 nitrogen and oxygen atoms in total. The summed E-state index contributed by atoms with van der Waals surface area (Å²) in [6.45, 7) is 3.73. The zero-order valence-corrected chi connectivity index (χ0v) is 6.63. The number of aryl methyl sites for hydroxylation is 2. The van der Waals surface area contributed by atoms with Gasteiger partial charge in [-0.3, -0.25) is 0 Å². The number of nitrogens with zero attached hydrogens (tertiary/aromatic N) is 3. The van der Waals surface area contributed by atoms with Crippen LogP contribution in [-0.2, 0) is 6.42 Å². The Morgan fingerprint density at radius 2 is 2.18 bits per heavy atom. The number of rotatable bonds is 1. The zero-order chi connectivity index (χ0) is 8.27. The summed E-state index contributed by atoms with van der Waals surface area (Å²) in [6.07, 6.45) is 0.365. The first-order valence-electron chi connectivity index (χ1n) is 3.40. The summed E-state index contributed by atoms with van der Waals surface area (Å²) >= 11 is 0. The van der Waals surface area contributed by atoms with Crippen LogP contribution in [0.15, 0.2) is 6.07 Å². The van der Waals surface area contributed by atoms with E-state index in [-0.39, 0.29) is 0 Å². The second kappa shape index (κ2) is 3.11. The van der Waals surface area contributed by atoms with Gasteiger partial charge in [0.25, 0.3) is 0 Å². The predicted molar refractivity (Wildman–Crippen MR) is 40.8 cm³/mol. The Morgan fingerprint density at radius 1 is 1.45 bits per heavy atom. The van der Waals surface area contributed by atoms with Crippen LogP contribution in [0.1, 0.15) is 17.2 Å². The fraction of sp³-hybridized carbons (Fsp3) is 0.375. The van der Waals surface area contributed by atoms with E-state index in [0.29, 0.717) is 6.42 Å². The van der Waals surface area contributed by atoms with Crippen LogP contribution in [0.5, 0.6) is 0 Å². The van der Waals surface area contributed by atoms with E-state index in [4.69, 9.17) is 5.26 Å². The molecule has 0 aliphatic carbocycles. The molecule has 0 saturated heterocycles. The van der Waals surface area contributed by atoms with Crippen LogP contribution in [-0.4, -0.2) is 9.97 Å². The van der Waals surface area contributed by atoms with Gasteiger partial charge < -0.3 is 0 Å². The van der Waals surface area contributed by atoms with E-state index < -0.39 is 0 Å². The molecule has 0 N–H and O–H groups in total. The third-order valence-corrected chi connectivity index (χ3v) is 1.28. The summed E-state index contributed by atoms with van der Waals surface area (Å²) in [5.41, 5.74) is 1.72. The van der Waals surface area contributed by atoms with Gasteiger partial charge in [-0.05, 0) is 19.9 Å². The first-order chi connectivity index (χ1) is 5.22. The molecule has 0 amide bonds. The average molecular weight is 147 g/mol. The quantitative estimate of drug-likeness (QED) is 0.598. The van der Waals surface area contributed by atoms with Crippen molar-refractivity contribution in [3.8, 4) is 6.07 Å². The summed E-state index contributed by atoms with van der Waals surface area (Å²) in [5.74, 6) is 0.732. The highest BCUT2D eigenvalue weighted by Crippen LogP contribution is 1.99. The van der Waals surface area contributed by atoms with Gasteiger partial charge in [0.1, 0.15) is 5.82 Å². The van der Waals surface area contributed by atoms with E-state index in [2.05, 4.69) is 9.97 Å². The van der Waals surface area contributed by atoms with Gasteiger partial charge in [-0.15, -0.1) is 0 Å². The molecule has 0 unspecified atom stereocenters. The summed E-state index contributed by atoms with van der Waals surface area (Å²) in [5, 5.41) is 8.39. The lowest BCUT2D eigenvalue weighted by Crippen LogP contribution is -1.96. The smallest absolute Gasteiger partial charge is 0.125 e. The van der Waals surface area contributed by atoms with Crippen LogP contribution < -0.4 is 0 Å². The van der Waals surface area contributed by atoms with Crippen LogP contribution in [0.25, 0.3) is 0 Å². The Morgan fingerprint density at radius 3 is 2.73 bits per heavy atom. The first-order valence-corrected chi connectivity index (χ1v) is 3.40. The normalized spacial score (nSPS) is 9.18. The van der Waals surface area contributed by atoms with Gasteiger partial charge >= 0.3 is 0 Å². The van der Waals surface area contributed by atoms with Crippen molar-refractivity contribution in [2.45, 2.75) is 20.3 Å². The minimum atomic E-state index is 0.365. The highest BCUT2D eigenvalue weighted by molar-refractivity contribution is 5.12. The molecule has 0 saturated carbocycles. The van der Waals surface area contributed by atoms with Crippen molar-refractivity contribution in [1.82, 2.24) is 9.97 Å². The summed E-state index contributed by atoms with van der Waals surface area (Å²) < 4.78 is 0. The lowest BCUT2D eigenvalue weighted by Gasteiger charge is -1.97. The van der Waals surface area contributed by atoms with Crippen LogP contribution in [0.4, 0.5) is 0 Å². The topological polar surface area (TPSA) is 49.6 Å². The summed E-state index contributed by atoms with van der Waals surface area (Å²) in [4.78, 5) is 8.19. The number of hydrogen-bond acceptors (Lipinski definition) is 3. The predicted octanol–water partition coefficient (Wildman–Crippen LogP) is 1.16. The maximum atomic E-state index is 8.39. The van der Waals surface area contributed by atoms with Gasteiger partial charge in [0.15, 0.2) is 0 Å². The van der Waals surface area contributed by atoms with Crippen molar-refractivity contribution in [3.63, 3.8) is 0 Å². The highest BCUT2D eigenvalue weighted by Gasteiger charge is 1.96. The Kier molecular flexibility index (Phi) is 2.17. The Bertz CT molecular complexity index is 278. The number of aromatic nitrogens is 2. The number of hydrogen-bond donors (Lipinski definition) is 0. The molecule has 0 aromatic carbocycles. The molecule has 0 bridgehead atoms. The molecule has 3 heteroatoms. The minimum absolute atomic E-state index is 0.365. The monoisotopic (exact) mass is 147 g/mol. The van der Waals surface area contributed by atoms with Gasteiger partial charge in [0.2, 0.25) is 0 Å². The lowest BCUT2D eigenvalue weighted by atomic mass is 10.3. The van der Waals surface area contributed by atoms with Crippen molar-refractivity contribution in [1.29, 1.82) is 5.26 Å². The number of nitriles is 1. The van der Waals surface area contributed by atoms with Crippen molar-refractivity contribution >= 4 is 0 Å². The van der Waals surface area contributed by atoms with Crippen LogP contribution >= 0.6 is 0 Å². The molecular formula is C8H9N3. The van der Waals surface area contributed by atoms with Crippen molar-refractivity contribution < 1.29 is 0 Å². The van der Waals surface area contributed by atoms with E-state index in [1.54, 1.807) is 0 Å². The largest absolute Gasteiger partial charge is 0.239 e. The van der Waals surface area contributed by atoms with Crippen molar-refractivity contribution in [2.75, 3.05) is 0 Å². The summed E-state index contributed by atoms with van der Waals surface area (Å²) in [7, 11) is 0. The molecule has 0 aliphatic rings. The molecule has 0 spiro atoms. The highest BCUT2D eigenvalue weighted by atomic mass is 14.9. The molecule has 1 aromatic rings. The van der Waals surface area contributed by atoms with Crippen LogP contribution in [0, 0.1) is 25.2 Å². The molecule has 0 radical (unpaired) electrons. The first kappa shape index (κ1) is 7.67. The molecule has 1 rings (SSSR count). The standard InChI is InChI=1S/C8H9N3/c1-6-5-8(3-4-9)11-7(2)10-6/h5H,3H2,1-2H3. The van der Waals surface area contributed by atoms with Crippen molar-refractivity contribution in [2.24, 2.45) is 0 Å². The molecule has 0 atom stereocenters. The SMILES string of the molecule is Cc1cc(CC#N)nc(C)n1. The zero-order valence-electron chi connectivity index (χ0n) is 6.63. The van der Waals surface area contributed by atoms with Crippen molar-refractivity contribution in [3.05, 3.63) is 23.3 Å². The Labute approximate surface area is 65.7 Å². The second-order valence-corrected chi connectivity index (χ2v) is 2.38. The molecule has 1 heterocycles. The fourth-order valence-electron chi connectivity index (χ4n) is 0.965. The van der Waals surface area contributed by atoms with E-state index in [1.807, 2.05) is 26.0 Å². The summed E-state index contributed by atoms with van der Waals surface area (Å²) in [6, 6.07) is 3.88. The third kappa shape index (κ3) is 2.01. The molecule has 0 aliphatic heterocycles.